The van der Waals surface area contributed by atoms with Gasteiger partial charge in [0.2, 0.25) is 5.95 Å². The Morgan fingerprint density at radius 3 is 2.96 bits per heavy atom. The van der Waals surface area contributed by atoms with Gasteiger partial charge in [0, 0.05) is 12.2 Å². The standard InChI is InChI=1S/C15H16N6O2/c1-9(2)17-13-11(4-3-6-16-13)14(22)19-15-18-12(20-21-15)10-5-7-23-8-10/h3-9H,1-2H3,(H,16,17)(H2,18,19,20,21,22). The molecular weight excluding hydrogens is 296 g/mol. The molecule has 0 bridgehead atoms. The fourth-order valence-electron chi connectivity index (χ4n) is 1.99. The Morgan fingerprint density at radius 1 is 1.35 bits per heavy atom. The number of aromatic amines is 1. The number of hydrogen-bond acceptors (Lipinski definition) is 6. The summed E-state index contributed by atoms with van der Waals surface area (Å²) in [7, 11) is 0. The molecule has 0 aliphatic rings. The predicted molar refractivity (Wildman–Crippen MR) is 85.0 cm³/mol. The van der Waals surface area contributed by atoms with Crippen LogP contribution in [0.25, 0.3) is 11.4 Å². The largest absolute Gasteiger partial charge is 0.472 e. The minimum absolute atomic E-state index is 0.160. The van der Waals surface area contributed by atoms with Gasteiger partial charge in [0.25, 0.3) is 5.91 Å². The van der Waals surface area contributed by atoms with Gasteiger partial charge in [-0.25, -0.2) is 4.98 Å². The lowest BCUT2D eigenvalue weighted by molar-refractivity contribution is 0.102. The van der Waals surface area contributed by atoms with Crippen molar-refractivity contribution < 1.29 is 9.21 Å². The molecule has 3 rings (SSSR count). The maximum atomic E-state index is 12.4. The average Bonchev–Trinajstić information content (AvgIpc) is 3.17. The number of carbonyl (C=O) groups excluding carboxylic acids is 1. The fourth-order valence-corrected chi connectivity index (χ4v) is 1.99. The first kappa shape index (κ1) is 14.8. The number of rotatable bonds is 5. The first-order valence-electron chi connectivity index (χ1n) is 7.11. The van der Waals surface area contributed by atoms with Crippen molar-refractivity contribution in [3.63, 3.8) is 0 Å². The molecule has 1 amide bonds. The van der Waals surface area contributed by atoms with Crippen LogP contribution in [0.4, 0.5) is 11.8 Å². The number of pyridine rings is 1. The maximum Gasteiger partial charge on any atom is 0.261 e. The Balaban J connectivity index is 1.77. The molecule has 0 unspecified atom stereocenters. The Bertz CT molecular complexity index is 794. The van der Waals surface area contributed by atoms with Crippen molar-refractivity contribution in [2.45, 2.75) is 19.9 Å². The highest BCUT2D eigenvalue weighted by atomic mass is 16.3. The Kier molecular flexibility index (Phi) is 4.05. The SMILES string of the molecule is CC(C)Nc1ncccc1C(=O)Nc1n[nH]c(-c2ccoc2)n1. The molecule has 0 aliphatic carbocycles. The van der Waals surface area contributed by atoms with Crippen molar-refractivity contribution in [2.75, 3.05) is 10.6 Å². The van der Waals surface area contributed by atoms with Crippen LogP contribution in [-0.4, -0.2) is 32.1 Å². The van der Waals surface area contributed by atoms with E-state index in [-0.39, 0.29) is 17.9 Å². The summed E-state index contributed by atoms with van der Waals surface area (Å²) in [5, 5.41) is 12.5. The zero-order chi connectivity index (χ0) is 16.2. The second-order valence-electron chi connectivity index (χ2n) is 5.17. The van der Waals surface area contributed by atoms with E-state index in [1.807, 2.05) is 13.8 Å². The number of H-pyrrole nitrogens is 1. The molecule has 3 N–H and O–H groups in total. The topological polar surface area (TPSA) is 109 Å². The second kappa shape index (κ2) is 6.30. The molecule has 0 aromatic carbocycles. The van der Waals surface area contributed by atoms with Gasteiger partial charge in [0.15, 0.2) is 5.82 Å². The lowest BCUT2D eigenvalue weighted by atomic mass is 10.2. The summed E-state index contributed by atoms with van der Waals surface area (Å²) >= 11 is 0. The van der Waals surface area contributed by atoms with Gasteiger partial charge in [-0.3, -0.25) is 15.2 Å². The van der Waals surface area contributed by atoms with Gasteiger partial charge in [0.05, 0.1) is 17.4 Å². The zero-order valence-electron chi connectivity index (χ0n) is 12.7. The van der Waals surface area contributed by atoms with Crippen molar-refractivity contribution in [1.82, 2.24) is 20.2 Å². The quantitative estimate of drug-likeness (QED) is 0.668. The van der Waals surface area contributed by atoms with Gasteiger partial charge in [0.1, 0.15) is 12.1 Å². The van der Waals surface area contributed by atoms with Gasteiger partial charge in [-0.2, -0.15) is 4.98 Å². The lowest BCUT2D eigenvalue weighted by Gasteiger charge is -2.12. The van der Waals surface area contributed by atoms with Crippen LogP contribution in [0.3, 0.4) is 0 Å². The van der Waals surface area contributed by atoms with Crippen LogP contribution in [0.1, 0.15) is 24.2 Å². The molecule has 0 spiro atoms. The number of furan rings is 1. The van der Waals surface area contributed by atoms with Crippen molar-refractivity contribution in [2.24, 2.45) is 0 Å². The summed E-state index contributed by atoms with van der Waals surface area (Å²) in [4.78, 5) is 20.8. The first-order valence-corrected chi connectivity index (χ1v) is 7.11. The summed E-state index contributed by atoms with van der Waals surface area (Å²) in [6.45, 7) is 3.95. The van der Waals surface area contributed by atoms with Gasteiger partial charge in [-0.05, 0) is 32.0 Å². The summed E-state index contributed by atoms with van der Waals surface area (Å²) in [5.41, 5.74) is 1.18. The second-order valence-corrected chi connectivity index (χ2v) is 5.17. The average molecular weight is 312 g/mol. The summed E-state index contributed by atoms with van der Waals surface area (Å²) in [6, 6.07) is 5.30. The number of nitrogens with one attached hydrogen (secondary N) is 3. The molecular formula is C15H16N6O2. The smallest absolute Gasteiger partial charge is 0.261 e. The molecule has 0 saturated heterocycles. The van der Waals surface area contributed by atoms with Crippen molar-refractivity contribution >= 4 is 17.7 Å². The normalized spacial score (nSPS) is 10.7. The third-order valence-electron chi connectivity index (χ3n) is 2.98. The van der Waals surface area contributed by atoms with Crippen LogP contribution in [0.2, 0.25) is 0 Å². The van der Waals surface area contributed by atoms with Gasteiger partial charge in [-0.1, -0.05) is 0 Å². The van der Waals surface area contributed by atoms with Crippen LogP contribution in [0, 0.1) is 0 Å². The van der Waals surface area contributed by atoms with Gasteiger partial charge < -0.3 is 9.73 Å². The third kappa shape index (κ3) is 3.37. The van der Waals surface area contributed by atoms with E-state index >= 15 is 0 Å². The number of hydrogen-bond donors (Lipinski definition) is 3. The number of aromatic nitrogens is 4. The Morgan fingerprint density at radius 2 is 2.22 bits per heavy atom. The van der Waals surface area contributed by atoms with Crippen LogP contribution in [0.5, 0.6) is 0 Å². The van der Waals surface area contributed by atoms with E-state index < -0.39 is 0 Å². The summed E-state index contributed by atoms with van der Waals surface area (Å²) < 4.78 is 4.99. The first-order chi connectivity index (χ1) is 11.1. The predicted octanol–water partition coefficient (Wildman–Crippen LogP) is 2.53. The van der Waals surface area contributed by atoms with E-state index in [9.17, 15) is 4.79 Å². The number of anilines is 2. The summed E-state index contributed by atoms with van der Waals surface area (Å²) in [6.07, 6.45) is 4.71. The van der Waals surface area contributed by atoms with Crippen molar-refractivity contribution in [1.29, 1.82) is 0 Å². The molecule has 0 saturated carbocycles. The van der Waals surface area contributed by atoms with Crippen LogP contribution in [0.15, 0.2) is 41.3 Å². The van der Waals surface area contributed by atoms with E-state index in [0.29, 0.717) is 17.2 Å². The molecule has 23 heavy (non-hydrogen) atoms. The molecule has 8 nitrogen and oxygen atoms in total. The fraction of sp³-hybridized carbons (Fsp3) is 0.200. The molecule has 0 atom stereocenters. The highest BCUT2D eigenvalue weighted by molar-refractivity contribution is 6.06. The third-order valence-corrected chi connectivity index (χ3v) is 2.98. The van der Waals surface area contributed by atoms with E-state index in [4.69, 9.17) is 4.42 Å². The van der Waals surface area contributed by atoms with Gasteiger partial charge in [-0.15, -0.1) is 5.10 Å². The summed E-state index contributed by atoms with van der Waals surface area (Å²) in [5.74, 6) is 0.885. The number of carbonyl (C=O) groups is 1. The van der Waals surface area contributed by atoms with Crippen molar-refractivity contribution in [3.8, 4) is 11.4 Å². The molecule has 0 fully saturated rings. The minimum atomic E-state index is -0.334. The highest BCUT2D eigenvalue weighted by Crippen LogP contribution is 2.17. The van der Waals surface area contributed by atoms with E-state index in [0.717, 1.165) is 5.56 Å². The molecule has 8 heteroatoms. The Labute approximate surface area is 132 Å². The van der Waals surface area contributed by atoms with Crippen LogP contribution < -0.4 is 10.6 Å². The molecule has 118 valence electrons. The maximum absolute atomic E-state index is 12.4. The molecule has 0 aliphatic heterocycles. The lowest BCUT2D eigenvalue weighted by Crippen LogP contribution is -2.19. The van der Waals surface area contributed by atoms with Crippen molar-refractivity contribution in [3.05, 3.63) is 42.5 Å². The number of amides is 1. The minimum Gasteiger partial charge on any atom is -0.472 e. The monoisotopic (exact) mass is 312 g/mol. The zero-order valence-corrected chi connectivity index (χ0v) is 12.7. The molecule has 3 heterocycles. The van der Waals surface area contributed by atoms with E-state index in [1.165, 1.54) is 12.5 Å². The van der Waals surface area contributed by atoms with Crippen LogP contribution in [-0.2, 0) is 0 Å². The van der Waals surface area contributed by atoms with E-state index in [2.05, 4.69) is 30.8 Å². The number of nitrogens with zero attached hydrogens (tertiary/aromatic N) is 3. The Hall–Kier alpha value is -3.16. The molecule has 3 aromatic heterocycles. The molecule has 0 radical (unpaired) electrons. The van der Waals surface area contributed by atoms with Crippen LogP contribution >= 0.6 is 0 Å². The molecule has 3 aromatic rings. The van der Waals surface area contributed by atoms with Gasteiger partial charge >= 0.3 is 0 Å². The highest BCUT2D eigenvalue weighted by Gasteiger charge is 2.15. The van der Waals surface area contributed by atoms with E-state index in [1.54, 1.807) is 24.4 Å².